The van der Waals surface area contributed by atoms with Crippen LogP contribution in [0.25, 0.3) is 0 Å². The first-order valence-electron chi connectivity index (χ1n) is 11.9. The molecule has 8 nitrogen and oxygen atoms in total. The van der Waals surface area contributed by atoms with Crippen molar-refractivity contribution in [3.05, 3.63) is 64.7 Å². The SMILES string of the molecule is Cc1c(Nc2ncc(C(F)(F)F)c(CCc3ccccc3CC(N)=O)n2)cnn1C1CCN(C)CC1. The summed E-state index contributed by atoms with van der Waals surface area (Å²) in [6, 6.07) is 7.36. The summed E-state index contributed by atoms with van der Waals surface area (Å²) in [6.07, 6.45) is 0.180. The second-order valence-electron chi connectivity index (χ2n) is 9.21. The van der Waals surface area contributed by atoms with Gasteiger partial charge in [0.2, 0.25) is 11.9 Å². The zero-order valence-electron chi connectivity index (χ0n) is 20.3. The Morgan fingerprint density at radius 2 is 1.83 bits per heavy atom. The van der Waals surface area contributed by atoms with Gasteiger partial charge < -0.3 is 16.0 Å². The van der Waals surface area contributed by atoms with E-state index in [1.807, 2.05) is 11.6 Å². The monoisotopic (exact) mass is 501 g/mol. The molecule has 1 aromatic carbocycles. The molecule has 1 aliphatic rings. The number of hydrogen-bond donors (Lipinski definition) is 2. The Balaban J connectivity index is 1.55. The Labute approximate surface area is 207 Å². The van der Waals surface area contributed by atoms with E-state index in [1.165, 1.54) is 0 Å². The number of nitrogens with zero attached hydrogens (tertiary/aromatic N) is 5. The van der Waals surface area contributed by atoms with Crippen LogP contribution in [0.4, 0.5) is 24.8 Å². The number of piperidine rings is 1. The summed E-state index contributed by atoms with van der Waals surface area (Å²) < 4.78 is 43.1. The van der Waals surface area contributed by atoms with E-state index in [2.05, 4.69) is 32.3 Å². The third-order valence-corrected chi connectivity index (χ3v) is 6.61. The number of likely N-dealkylation sites (tertiary alicyclic amines) is 1. The van der Waals surface area contributed by atoms with Crippen molar-refractivity contribution in [3.8, 4) is 0 Å². The van der Waals surface area contributed by atoms with Crippen molar-refractivity contribution in [1.82, 2.24) is 24.6 Å². The average molecular weight is 502 g/mol. The van der Waals surface area contributed by atoms with E-state index in [-0.39, 0.29) is 36.9 Å². The fraction of sp³-hybridized carbons (Fsp3) is 0.440. The number of amides is 1. The summed E-state index contributed by atoms with van der Waals surface area (Å²) in [5.41, 5.74) is 7.32. The van der Waals surface area contributed by atoms with Crippen LogP contribution >= 0.6 is 0 Å². The minimum absolute atomic E-state index is 0.0235. The molecule has 3 N–H and O–H groups in total. The standard InChI is InChI=1S/C25H30F3N7O/c1-16-22(15-31-35(16)19-9-11-34(2)12-10-19)33-24-30-14-20(25(26,27)28)21(32-24)8-7-17-5-3-4-6-18(17)13-23(29)36/h3-6,14-15,19H,7-13H2,1-2H3,(H2,29,36)(H,30,32,33). The number of carbonyl (C=O) groups excluding carboxylic acids is 1. The van der Waals surface area contributed by atoms with Crippen molar-refractivity contribution in [2.45, 2.75) is 51.2 Å². The Morgan fingerprint density at radius 3 is 2.50 bits per heavy atom. The van der Waals surface area contributed by atoms with Crippen LogP contribution in [0.1, 0.15) is 47.0 Å². The van der Waals surface area contributed by atoms with Crippen LogP contribution < -0.4 is 11.1 Å². The molecule has 0 bridgehead atoms. The molecule has 192 valence electrons. The number of alkyl halides is 3. The molecule has 0 unspecified atom stereocenters. The van der Waals surface area contributed by atoms with Gasteiger partial charge in [-0.15, -0.1) is 0 Å². The van der Waals surface area contributed by atoms with Crippen molar-refractivity contribution in [1.29, 1.82) is 0 Å². The molecule has 0 radical (unpaired) electrons. The summed E-state index contributed by atoms with van der Waals surface area (Å²) in [4.78, 5) is 21.8. The highest BCUT2D eigenvalue weighted by Crippen LogP contribution is 2.33. The summed E-state index contributed by atoms with van der Waals surface area (Å²) in [7, 11) is 2.09. The number of aryl methyl sites for hydroxylation is 2. The quantitative estimate of drug-likeness (QED) is 0.487. The van der Waals surface area contributed by atoms with Crippen molar-refractivity contribution >= 4 is 17.5 Å². The Kier molecular flexibility index (Phi) is 7.58. The maximum absolute atomic E-state index is 13.7. The molecule has 3 aromatic rings. The fourth-order valence-electron chi connectivity index (χ4n) is 4.59. The van der Waals surface area contributed by atoms with E-state index in [9.17, 15) is 18.0 Å². The number of anilines is 2. The van der Waals surface area contributed by atoms with E-state index < -0.39 is 17.6 Å². The number of carbonyl (C=O) groups is 1. The van der Waals surface area contributed by atoms with E-state index in [0.717, 1.165) is 43.4 Å². The van der Waals surface area contributed by atoms with Gasteiger partial charge in [0.05, 0.1) is 41.3 Å². The summed E-state index contributed by atoms with van der Waals surface area (Å²) in [5, 5.41) is 7.56. The first-order valence-corrected chi connectivity index (χ1v) is 11.9. The average Bonchev–Trinajstić information content (AvgIpc) is 3.18. The molecular weight excluding hydrogens is 471 g/mol. The number of hydrogen-bond acceptors (Lipinski definition) is 6. The highest BCUT2D eigenvalue weighted by Gasteiger charge is 2.35. The Hall–Kier alpha value is -3.47. The van der Waals surface area contributed by atoms with E-state index in [0.29, 0.717) is 11.3 Å². The second-order valence-corrected chi connectivity index (χ2v) is 9.21. The normalized spacial score (nSPS) is 15.2. The highest BCUT2D eigenvalue weighted by molar-refractivity contribution is 5.77. The third kappa shape index (κ3) is 6.01. The number of nitrogens with one attached hydrogen (secondary N) is 1. The lowest BCUT2D eigenvalue weighted by Gasteiger charge is -2.29. The first kappa shape index (κ1) is 25.6. The predicted octanol–water partition coefficient (Wildman–Crippen LogP) is 3.82. The largest absolute Gasteiger partial charge is 0.419 e. The molecule has 4 rings (SSSR count). The van der Waals surface area contributed by atoms with Crippen molar-refractivity contribution in [2.24, 2.45) is 5.73 Å². The van der Waals surface area contributed by atoms with Crippen molar-refractivity contribution in [3.63, 3.8) is 0 Å². The molecule has 11 heteroatoms. The number of nitrogens with two attached hydrogens (primary N) is 1. The van der Waals surface area contributed by atoms with Gasteiger partial charge in [-0.3, -0.25) is 9.48 Å². The third-order valence-electron chi connectivity index (χ3n) is 6.61. The van der Waals surface area contributed by atoms with E-state index >= 15 is 0 Å². The summed E-state index contributed by atoms with van der Waals surface area (Å²) >= 11 is 0. The van der Waals surface area contributed by atoms with Gasteiger partial charge in [0.1, 0.15) is 0 Å². The van der Waals surface area contributed by atoms with Gasteiger partial charge in [0.25, 0.3) is 0 Å². The highest BCUT2D eigenvalue weighted by atomic mass is 19.4. The molecule has 1 amide bonds. The fourth-order valence-corrected chi connectivity index (χ4v) is 4.59. The molecule has 1 aliphatic heterocycles. The van der Waals surface area contributed by atoms with Crippen LogP contribution in [0.2, 0.25) is 0 Å². The molecule has 0 saturated carbocycles. The van der Waals surface area contributed by atoms with Crippen LogP contribution in [0.5, 0.6) is 0 Å². The topological polar surface area (TPSA) is 102 Å². The maximum atomic E-state index is 13.7. The van der Waals surface area contributed by atoms with Gasteiger partial charge in [0, 0.05) is 6.20 Å². The van der Waals surface area contributed by atoms with Gasteiger partial charge >= 0.3 is 6.18 Å². The van der Waals surface area contributed by atoms with Gasteiger partial charge in [-0.25, -0.2) is 9.97 Å². The second kappa shape index (κ2) is 10.7. The summed E-state index contributed by atoms with van der Waals surface area (Å²) in [5.74, 6) is -0.419. The molecule has 1 saturated heterocycles. The lowest BCUT2D eigenvalue weighted by atomic mass is 9.98. The van der Waals surface area contributed by atoms with Gasteiger partial charge in [-0.05, 0) is 63.9 Å². The predicted molar refractivity (Wildman–Crippen MR) is 130 cm³/mol. The number of benzene rings is 1. The minimum Gasteiger partial charge on any atom is -0.369 e. The molecular formula is C25H30F3N7O. The van der Waals surface area contributed by atoms with Crippen LogP contribution in [-0.4, -0.2) is 50.7 Å². The number of primary amides is 1. The zero-order chi connectivity index (χ0) is 25.9. The lowest BCUT2D eigenvalue weighted by Crippen LogP contribution is -2.32. The van der Waals surface area contributed by atoms with Gasteiger partial charge in [-0.2, -0.15) is 18.3 Å². The van der Waals surface area contributed by atoms with Crippen LogP contribution in [-0.2, 0) is 30.2 Å². The maximum Gasteiger partial charge on any atom is 0.419 e. The van der Waals surface area contributed by atoms with Gasteiger partial charge in [0.15, 0.2) is 0 Å². The van der Waals surface area contributed by atoms with E-state index in [1.54, 1.807) is 30.5 Å². The first-order chi connectivity index (χ1) is 17.1. The van der Waals surface area contributed by atoms with Crippen molar-refractivity contribution in [2.75, 3.05) is 25.5 Å². The Bertz CT molecular complexity index is 1220. The zero-order valence-corrected chi connectivity index (χ0v) is 20.3. The number of halogens is 3. The molecule has 0 aliphatic carbocycles. The lowest BCUT2D eigenvalue weighted by molar-refractivity contribution is -0.138. The summed E-state index contributed by atoms with van der Waals surface area (Å²) in [6.45, 7) is 3.90. The van der Waals surface area contributed by atoms with Gasteiger partial charge in [-0.1, -0.05) is 24.3 Å². The smallest absolute Gasteiger partial charge is 0.369 e. The number of aromatic nitrogens is 4. The van der Waals surface area contributed by atoms with Crippen LogP contribution in [0, 0.1) is 6.92 Å². The number of rotatable bonds is 8. The van der Waals surface area contributed by atoms with Crippen LogP contribution in [0.15, 0.2) is 36.7 Å². The van der Waals surface area contributed by atoms with Crippen LogP contribution in [0.3, 0.4) is 0 Å². The molecule has 1 fully saturated rings. The van der Waals surface area contributed by atoms with Crippen molar-refractivity contribution < 1.29 is 18.0 Å². The molecule has 0 atom stereocenters. The molecule has 3 heterocycles. The molecule has 0 spiro atoms. The minimum atomic E-state index is -4.59. The molecule has 36 heavy (non-hydrogen) atoms. The Morgan fingerprint density at radius 1 is 1.14 bits per heavy atom. The molecule has 2 aromatic heterocycles. The van der Waals surface area contributed by atoms with E-state index in [4.69, 9.17) is 5.73 Å².